The Morgan fingerprint density at radius 2 is 1.63 bits per heavy atom. The Kier molecular flexibility index (Phi) is 5.80. The van der Waals surface area contributed by atoms with Gasteiger partial charge in [-0.2, -0.15) is 13.2 Å². The number of rotatable bonds is 5. The third-order valence-corrected chi connectivity index (χ3v) is 4.91. The second-order valence-corrected chi connectivity index (χ2v) is 7.04. The normalized spacial score (nSPS) is 15.2. The number of nitrogens with zero attached hydrogens (tertiary/aromatic N) is 5. The van der Waals surface area contributed by atoms with Gasteiger partial charge in [0.2, 0.25) is 5.95 Å². The smallest absolute Gasteiger partial charge is 0.354 e. The summed E-state index contributed by atoms with van der Waals surface area (Å²) in [6.07, 6.45) is -1.59. The maximum Gasteiger partial charge on any atom is 0.433 e. The van der Waals surface area contributed by atoms with E-state index in [0.717, 1.165) is 56.4 Å². The van der Waals surface area contributed by atoms with E-state index in [0.29, 0.717) is 5.69 Å². The number of halogens is 3. The summed E-state index contributed by atoms with van der Waals surface area (Å²) in [5, 5.41) is 2.82. The third-order valence-electron chi connectivity index (χ3n) is 4.91. The molecule has 6 nitrogen and oxygen atoms in total. The minimum Gasteiger partial charge on any atom is -0.354 e. The van der Waals surface area contributed by atoms with Crippen molar-refractivity contribution < 1.29 is 13.2 Å². The lowest BCUT2D eigenvalue weighted by atomic mass is 10.1. The van der Waals surface area contributed by atoms with Crippen molar-refractivity contribution in [2.45, 2.75) is 12.7 Å². The highest BCUT2D eigenvalue weighted by molar-refractivity contribution is 5.53. The van der Waals surface area contributed by atoms with Crippen molar-refractivity contribution in [1.29, 1.82) is 0 Å². The standard InChI is InChI=1S/C21H21F3N6/c22-21(23,24)18-8-10-26-20(28-18)27-17-6-4-16(5-7-17)15-29-11-13-30(14-12-29)19-3-1-2-9-25-19/h1-10H,11-15H2,(H,26,27,28). The Hall–Kier alpha value is -3.20. The summed E-state index contributed by atoms with van der Waals surface area (Å²) in [6, 6.07) is 14.3. The molecule has 3 heterocycles. The number of alkyl halides is 3. The zero-order valence-electron chi connectivity index (χ0n) is 16.2. The van der Waals surface area contributed by atoms with Crippen molar-refractivity contribution in [2.75, 3.05) is 36.4 Å². The van der Waals surface area contributed by atoms with Crippen LogP contribution in [0.2, 0.25) is 0 Å². The van der Waals surface area contributed by atoms with E-state index in [1.54, 1.807) is 0 Å². The largest absolute Gasteiger partial charge is 0.433 e. The number of nitrogens with one attached hydrogen (secondary N) is 1. The van der Waals surface area contributed by atoms with Crippen LogP contribution in [0.25, 0.3) is 0 Å². The lowest BCUT2D eigenvalue weighted by Crippen LogP contribution is -2.46. The molecule has 1 aromatic carbocycles. The molecule has 1 N–H and O–H groups in total. The van der Waals surface area contributed by atoms with Crippen molar-refractivity contribution in [3.63, 3.8) is 0 Å². The SMILES string of the molecule is FC(F)(F)c1ccnc(Nc2ccc(CN3CCN(c4ccccn4)CC3)cc2)n1. The van der Waals surface area contributed by atoms with Gasteiger partial charge in [-0.25, -0.2) is 15.0 Å². The first-order valence-corrected chi connectivity index (χ1v) is 9.62. The maximum atomic E-state index is 12.8. The van der Waals surface area contributed by atoms with Crippen LogP contribution in [0.5, 0.6) is 0 Å². The van der Waals surface area contributed by atoms with E-state index >= 15 is 0 Å². The molecule has 1 aliphatic rings. The van der Waals surface area contributed by atoms with E-state index in [1.807, 2.05) is 48.7 Å². The van der Waals surface area contributed by atoms with Crippen LogP contribution in [0, 0.1) is 0 Å². The fraction of sp³-hybridized carbons (Fsp3) is 0.286. The Morgan fingerprint density at radius 1 is 0.867 bits per heavy atom. The van der Waals surface area contributed by atoms with E-state index in [1.165, 1.54) is 0 Å². The number of piperazine rings is 1. The van der Waals surface area contributed by atoms with E-state index in [9.17, 15) is 13.2 Å². The summed E-state index contributed by atoms with van der Waals surface area (Å²) in [5.41, 5.74) is 0.802. The Balaban J connectivity index is 1.31. The van der Waals surface area contributed by atoms with Crippen molar-refractivity contribution in [2.24, 2.45) is 0 Å². The van der Waals surface area contributed by atoms with Gasteiger partial charge < -0.3 is 10.2 Å². The topological polar surface area (TPSA) is 57.2 Å². The monoisotopic (exact) mass is 414 g/mol. The molecule has 156 valence electrons. The van der Waals surface area contributed by atoms with Gasteiger partial charge in [-0.3, -0.25) is 4.90 Å². The van der Waals surface area contributed by atoms with E-state index in [-0.39, 0.29) is 5.95 Å². The van der Waals surface area contributed by atoms with E-state index in [2.05, 4.69) is 30.1 Å². The molecule has 3 aromatic rings. The summed E-state index contributed by atoms with van der Waals surface area (Å²) in [5.74, 6) is 0.924. The number of hydrogen-bond donors (Lipinski definition) is 1. The average molecular weight is 414 g/mol. The average Bonchev–Trinajstić information content (AvgIpc) is 2.76. The van der Waals surface area contributed by atoms with E-state index in [4.69, 9.17) is 0 Å². The van der Waals surface area contributed by atoms with Gasteiger partial charge in [0.1, 0.15) is 11.5 Å². The van der Waals surface area contributed by atoms with Crippen LogP contribution < -0.4 is 10.2 Å². The molecular weight excluding hydrogens is 393 g/mol. The molecule has 0 spiro atoms. The van der Waals surface area contributed by atoms with Crippen molar-refractivity contribution in [1.82, 2.24) is 19.9 Å². The molecule has 2 aromatic heterocycles. The molecule has 1 saturated heterocycles. The number of hydrogen-bond acceptors (Lipinski definition) is 6. The molecule has 4 rings (SSSR count). The maximum absolute atomic E-state index is 12.8. The second-order valence-electron chi connectivity index (χ2n) is 7.04. The molecule has 0 atom stereocenters. The fourth-order valence-corrected chi connectivity index (χ4v) is 3.33. The van der Waals surface area contributed by atoms with Crippen LogP contribution in [0.3, 0.4) is 0 Å². The predicted molar refractivity (Wildman–Crippen MR) is 108 cm³/mol. The van der Waals surface area contributed by atoms with Crippen molar-refractivity contribution >= 4 is 17.5 Å². The quantitative estimate of drug-likeness (QED) is 0.682. The molecule has 1 fully saturated rings. The second kappa shape index (κ2) is 8.66. The first-order valence-electron chi connectivity index (χ1n) is 9.62. The fourth-order valence-electron chi connectivity index (χ4n) is 3.33. The summed E-state index contributed by atoms with van der Waals surface area (Å²) in [4.78, 5) is 16.4. The van der Waals surface area contributed by atoms with Crippen molar-refractivity contribution in [3.8, 4) is 0 Å². The van der Waals surface area contributed by atoms with Crippen molar-refractivity contribution in [3.05, 3.63) is 72.2 Å². The van der Waals surface area contributed by atoms with Gasteiger partial charge in [0, 0.05) is 50.8 Å². The number of benzene rings is 1. The van der Waals surface area contributed by atoms with Crippen LogP contribution in [-0.4, -0.2) is 46.0 Å². The zero-order chi connectivity index (χ0) is 21.0. The highest BCUT2D eigenvalue weighted by Gasteiger charge is 2.32. The highest BCUT2D eigenvalue weighted by atomic mass is 19.4. The van der Waals surface area contributed by atoms with Crippen LogP contribution in [-0.2, 0) is 12.7 Å². The highest BCUT2D eigenvalue weighted by Crippen LogP contribution is 2.28. The molecule has 0 saturated carbocycles. The van der Waals surface area contributed by atoms with Gasteiger partial charge in [0.15, 0.2) is 0 Å². The predicted octanol–water partition coefficient (Wildman–Crippen LogP) is 3.96. The molecule has 9 heteroatoms. The number of anilines is 3. The van der Waals surface area contributed by atoms with Crippen LogP contribution in [0.1, 0.15) is 11.3 Å². The molecular formula is C21H21F3N6. The van der Waals surface area contributed by atoms with Gasteiger partial charge >= 0.3 is 6.18 Å². The first kappa shape index (κ1) is 20.1. The summed E-state index contributed by atoms with van der Waals surface area (Å²) in [6.45, 7) is 4.53. The van der Waals surface area contributed by atoms with Crippen LogP contribution >= 0.6 is 0 Å². The lowest BCUT2D eigenvalue weighted by Gasteiger charge is -2.35. The van der Waals surface area contributed by atoms with Gasteiger partial charge in [0.05, 0.1) is 0 Å². The number of aromatic nitrogens is 3. The Bertz CT molecular complexity index is 954. The van der Waals surface area contributed by atoms with Gasteiger partial charge in [-0.1, -0.05) is 18.2 Å². The summed E-state index contributed by atoms with van der Waals surface area (Å²) in [7, 11) is 0. The molecule has 0 unspecified atom stereocenters. The Morgan fingerprint density at radius 3 is 2.30 bits per heavy atom. The van der Waals surface area contributed by atoms with Gasteiger partial charge in [-0.15, -0.1) is 0 Å². The summed E-state index contributed by atoms with van der Waals surface area (Å²) < 4.78 is 38.3. The lowest BCUT2D eigenvalue weighted by molar-refractivity contribution is -0.141. The van der Waals surface area contributed by atoms with Crippen LogP contribution in [0.15, 0.2) is 60.9 Å². The molecule has 0 aliphatic carbocycles. The Labute approximate surface area is 172 Å². The van der Waals surface area contributed by atoms with Gasteiger partial charge in [0.25, 0.3) is 0 Å². The third kappa shape index (κ3) is 5.04. The molecule has 0 amide bonds. The molecule has 1 aliphatic heterocycles. The molecule has 0 radical (unpaired) electrons. The van der Waals surface area contributed by atoms with E-state index < -0.39 is 11.9 Å². The zero-order valence-corrected chi connectivity index (χ0v) is 16.2. The van der Waals surface area contributed by atoms with Crippen LogP contribution in [0.4, 0.5) is 30.6 Å². The molecule has 30 heavy (non-hydrogen) atoms. The number of pyridine rings is 1. The van der Waals surface area contributed by atoms with Gasteiger partial charge in [-0.05, 0) is 35.9 Å². The molecule has 0 bridgehead atoms. The minimum absolute atomic E-state index is 0.0804. The summed E-state index contributed by atoms with van der Waals surface area (Å²) >= 11 is 0. The first-order chi connectivity index (χ1) is 14.5. The minimum atomic E-state index is -4.50.